The summed E-state index contributed by atoms with van der Waals surface area (Å²) in [6.45, 7) is 14.0. The molecule has 2 aliphatic heterocycles. The number of benzene rings is 1. The Bertz CT molecular complexity index is 555. The number of nitrogens with zero attached hydrogens (tertiary/aromatic N) is 2. The molecule has 4 nitrogen and oxygen atoms in total. The van der Waals surface area contributed by atoms with Gasteiger partial charge in [-0.15, -0.1) is 0 Å². The lowest BCUT2D eigenvalue weighted by molar-refractivity contribution is -0.0719. The summed E-state index contributed by atoms with van der Waals surface area (Å²) in [5.74, 6) is 0. The molecular formula is C15H18ClN3O. The van der Waals surface area contributed by atoms with Crippen LogP contribution in [0.5, 0.6) is 0 Å². The van der Waals surface area contributed by atoms with Crippen LogP contribution < -0.4 is 5.32 Å². The second-order valence-corrected chi connectivity index (χ2v) is 5.80. The number of ether oxygens (including phenoxy) is 1. The maximum Gasteiger partial charge on any atom is 0.208 e. The van der Waals surface area contributed by atoms with Crippen LogP contribution >= 0.6 is 11.6 Å². The molecule has 0 aliphatic carbocycles. The number of fused-ring (bicyclic) bond motifs is 1. The zero-order valence-electron chi connectivity index (χ0n) is 11.5. The minimum absolute atomic E-state index is 0.0436. The summed E-state index contributed by atoms with van der Waals surface area (Å²) in [5, 5.41) is 3.92. The molecule has 1 aromatic rings. The van der Waals surface area contributed by atoms with Gasteiger partial charge in [0.1, 0.15) is 0 Å². The molecule has 0 unspecified atom stereocenters. The quantitative estimate of drug-likeness (QED) is 0.806. The molecule has 2 aliphatic rings. The first-order valence-corrected chi connectivity index (χ1v) is 7.31. The molecule has 2 saturated heterocycles. The van der Waals surface area contributed by atoms with Gasteiger partial charge in [0.25, 0.3) is 0 Å². The van der Waals surface area contributed by atoms with Gasteiger partial charge in [0.15, 0.2) is 0 Å². The zero-order valence-corrected chi connectivity index (χ0v) is 12.3. The van der Waals surface area contributed by atoms with Gasteiger partial charge >= 0.3 is 0 Å². The molecular weight excluding hydrogens is 274 g/mol. The minimum Gasteiger partial charge on any atom is -0.371 e. The van der Waals surface area contributed by atoms with Crippen LogP contribution in [0.4, 0.5) is 5.69 Å². The van der Waals surface area contributed by atoms with Crippen molar-refractivity contribution in [1.29, 1.82) is 0 Å². The standard InChI is InChI=1S/C15H18ClN3O/c1-10-12(3-4-13(16)15(10)17-2)14-8-19-6-5-18-7-11(19)9-20-14/h3-4,11,14,18H,5-9H2,1H3/t11-,14+/m0/s1. The van der Waals surface area contributed by atoms with Crippen LogP contribution in [0, 0.1) is 13.5 Å². The van der Waals surface area contributed by atoms with E-state index in [1.807, 2.05) is 19.1 Å². The van der Waals surface area contributed by atoms with Crippen LogP contribution in [0.2, 0.25) is 5.02 Å². The van der Waals surface area contributed by atoms with E-state index >= 15 is 0 Å². The Balaban J connectivity index is 1.85. The molecule has 2 heterocycles. The summed E-state index contributed by atoms with van der Waals surface area (Å²) in [4.78, 5) is 6.03. The molecule has 0 saturated carbocycles. The molecule has 5 heteroatoms. The van der Waals surface area contributed by atoms with Crippen molar-refractivity contribution in [2.24, 2.45) is 0 Å². The fourth-order valence-corrected chi connectivity index (χ4v) is 3.30. The third-order valence-corrected chi connectivity index (χ3v) is 4.55. The number of halogens is 1. The number of hydrogen-bond donors (Lipinski definition) is 1. The van der Waals surface area contributed by atoms with Gasteiger partial charge in [-0.25, -0.2) is 4.85 Å². The Morgan fingerprint density at radius 1 is 1.50 bits per heavy atom. The molecule has 0 bridgehead atoms. The lowest BCUT2D eigenvalue weighted by Crippen LogP contribution is -2.57. The van der Waals surface area contributed by atoms with Crippen molar-refractivity contribution in [1.82, 2.24) is 10.2 Å². The van der Waals surface area contributed by atoms with E-state index in [0.29, 0.717) is 16.8 Å². The van der Waals surface area contributed by atoms with E-state index in [9.17, 15) is 0 Å². The van der Waals surface area contributed by atoms with Gasteiger partial charge in [-0.3, -0.25) is 4.90 Å². The average Bonchev–Trinajstić information content (AvgIpc) is 2.47. The highest BCUT2D eigenvalue weighted by Crippen LogP contribution is 2.36. The number of morpholine rings is 1. The molecule has 0 aromatic heterocycles. The van der Waals surface area contributed by atoms with Crippen LogP contribution in [0.15, 0.2) is 12.1 Å². The van der Waals surface area contributed by atoms with Crippen LogP contribution in [0.25, 0.3) is 4.85 Å². The monoisotopic (exact) mass is 291 g/mol. The molecule has 0 amide bonds. The van der Waals surface area contributed by atoms with Gasteiger partial charge in [0, 0.05) is 37.2 Å². The topological polar surface area (TPSA) is 28.9 Å². The first-order valence-electron chi connectivity index (χ1n) is 6.93. The molecule has 1 aromatic carbocycles. The van der Waals surface area contributed by atoms with Gasteiger partial charge in [-0.05, 0) is 18.1 Å². The Kier molecular flexibility index (Phi) is 3.95. The van der Waals surface area contributed by atoms with E-state index in [1.165, 1.54) is 0 Å². The van der Waals surface area contributed by atoms with Gasteiger partial charge in [0.2, 0.25) is 5.69 Å². The van der Waals surface area contributed by atoms with Crippen molar-refractivity contribution < 1.29 is 4.74 Å². The van der Waals surface area contributed by atoms with Crippen molar-refractivity contribution in [3.63, 3.8) is 0 Å². The Morgan fingerprint density at radius 2 is 2.35 bits per heavy atom. The number of hydrogen-bond acceptors (Lipinski definition) is 3. The molecule has 3 rings (SSSR count). The molecule has 2 fully saturated rings. The molecule has 0 radical (unpaired) electrons. The predicted octanol–water partition coefficient (Wildman–Crippen LogP) is 2.54. The summed E-state index contributed by atoms with van der Waals surface area (Å²) in [7, 11) is 0. The van der Waals surface area contributed by atoms with Gasteiger partial charge in [-0.1, -0.05) is 23.7 Å². The SMILES string of the molecule is [C-]#[N+]c1c(Cl)ccc([C@H]2CN3CCNC[C@H]3CO2)c1C. The van der Waals surface area contributed by atoms with Crippen LogP contribution in [0.1, 0.15) is 17.2 Å². The smallest absolute Gasteiger partial charge is 0.208 e. The van der Waals surface area contributed by atoms with E-state index in [2.05, 4.69) is 15.1 Å². The number of rotatable bonds is 1. The lowest BCUT2D eigenvalue weighted by Gasteiger charge is -2.43. The molecule has 1 N–H and O–H groups in total. The predicted molar refractivity (Wildman–Crippen MR) is 79.4 cm³/mol. The molecule has 0 spiro atoms. The zero-order chi connectivity index (χ0) is 14.1. The van der Waals surface area contributed by atoms with Crippen molar-refractivity contribution in [3.8, 4) is 0 Å². The molecule has 106 valence electrons. The van der Waals surface area contributed by atoms with Crippen LogP contribution in [-0.4, -0.2) is 43.7 Å². The highest BCUT2D eigenvalue weighted by molar-refractivity contribution is 6.33. The van der Waals surface area contributed by atoms with E-state index in [-0.39, 0.29) is 6.10 Å². The second-order valence-electron chi connectivity index (χ2n) is 5.40. The van der Waals surface area contributed by atoms with Gasteiger partial charge in [0.05, 0.1) is 19.3 Å². The van der Waals surface area contributed by atoms with Crippen LogP contribution in [0.3, 0.4) is 0 Å². The second kappa shape index (κ2) is 5.71. The normalized spacial score (nSPS) is 26.9. The summed E-state index contributed by atoms with van der Waals surface area (Å²) in [5.41, 5.74) is 2.60. The first-order chi connectivity index (χ1) is 9.70. The van der Waals surface area contributed by atoms with Crippen molar-refractivity contribution >= 4 is 17.3 Å². The minimum atomic E-state index is 0.0436. The molecule has 2 atom stereocenters. The molecule has 20 heavy (non-hydrogen) atoms. The van der Waals surface area contributed by atoms with E-state index in [4.69, 9.17) is 22.9 Å². The summed E-state index contributed by atoms with van der Waals surface area (Å²) in [6, 6.07) is 4.29. The first kappa shape index (κ1) is 13.8. The Labute approximate surface area is 124 Å². The fraction of sp³-hybridized carbons (Fsp3) is 0.533. The summed E-state index contributed by atoms with van der Waals surface area (Å²) < 4.78 is 6.03. The summed E-state index contributed by atoms with van der Waals surface area (Å²) >= 11 is 6.08. The highest BCUT2D eigenvalue weighted by atomic mass is 35.5. The maximum atomic E-state index is 7.26. The Morgan fingerprint density at radius 3 is 3.15 bits per heavy atom. The third kappa shape index (κ3) is 2.43. The van der Waals surface area contributed by atoms with Gasteiger partial charge in [-0.2, -0.15) is 0 Å². The Hall–Kier alpha value is -1.12. The van der Waals surface area contributed by atoms with E-state index in [0.717, 1.165) is 43.9 Å². The van der Waals surface area contributed by atoms with Gasteiger partial charge < -0.3 is 10.1 Å². The largest absolute Gasteiger partial charge is 0.371 e. The lowest BCUT2D eigenvalue weighted by atomic mass is 9.99. The average molecular weight is 292 g/mol. The number of nitrogens with one attached hydrogen (secondary N) is 1. The third-order valence-electron chi connectivity index (χ3n) is 4.24. The van der Waals surface area contributed by atoms with E-state index < -0.39 is 0 Å². The maximum absolute atomic E-state index is 7.26. The van der Waals surface area contributed by atoms with Crippen molar-refractivity contribution in [3.05, 3.63) is 39.7 Å². The van der Waals surface area contributed by atoms with E-state index in [1.54, 1.807) is 0 Å². The van der Waals surface area contributed by atoms with Crippen LogP contribution in [-0.2, 0) is 4.74 Å². The fourth-order valence-electron chi connectivity index (χ4n) is 3.06. The summed E-state index contributed by atoms with van der Waals surface area (Å²) in [6.07, 6.45) is 0.0436. The highest BCUT2D eigenvalue weighted by Gasteiger charge is 2.32. The van der Waals surface area contributed by atoms with Crippen molar-refractivity contribution in [2.45, 2.75) is 19.1 Å². The number of piperazine rings is 1. The van der Waals surface area contributed by atoms with Crippen molar-refractivity contribution in [2.75, 3.05) is 32.8 Å².